The van der Waals surface area contributed by atoms with Crippen LogP contribution in [0.25, 0.3) is 0 Å². The molecule has 0 heterocycles. The number of nitrogens with zero attached hydrogens (tertiary/aromatic N) is 1. The Hall–Kier alpha value is -0.610. The number of rotatable bonds is 7. The summed E-state index contributed by atoms with van der Waals surface area (Å²) < 4.78 is 0. The van der Waals surface area contributed by atoms with Crippen LogP contribution < -0.4 is 11.1 Å². The lowest BCUT2D eigenvalue weighted by atomic mass is 10.2. The van der Waals surface area contributed by atoms with Crippen LogP contribution in [0.3, 0.4) is 0 Å². The molecular weight excluding hydrogens is 178 g/mol. The van der Waals surface area contributed by atoms with Gasteiger partial charge in [-0.05, 0) is 20.9 Å². The molecule has 84 valence electrons. The van der Waals surface area contributed by atoms with Crippen molar-refractivity contribution in [2.45, 2.75) is 26.8 Å². The predicted molar refractivity (Wildman–Crippen MR) is 59.0 cm³/mol. The van der Waals surface area contributed by atoms with E-state index in [0.29, 0.717) is 12.6 Å². The highest BCUT2D eigenvalue weighted by Gasteiger charge is 2.07. The van der Waals surface area contributed by atoms with Gasteiger partial charge in [-0.1, -0.05) is 6.92 Å². The second kappa shape index (κ2) is 6.79. The number of hydrogen-bond acceptors (Lipinski definition) is 3. The molecule has 0 spiro atoms. The number of nitrogens with two attached hydrogens (primary N) is 1. The van der Waals surface area contributed by atoms with Crippen LogP contribution in [0.1, 0.15) is 20.8 Å². The van der Waals surface area contributed by atoms with E-state index in [1.165, 1.54) is 0 Å². The molecule has 0 rings (SSSR count). The first kappa shape index (κ1) is 13.4. The van der Waals surface area contributed by atoms with Gasteiger partial charge in [0, 0.05) is 31.6 Å². The van der Waals surface area contributed by atoms with E-state index < -0.39 is 0 Å². The van der Waals surface area contributed by atoms with Crippen molar-refractivity contribution < 1.29 is 4.79 Å². The number of likely N-dealkylation sites (N-methyl/N-ethyl adjacent to an activating group) is 1. The Morgan fingerprint density at radius 2 is 2.00 bits per heavy atom. The summed E-state index contributed by atoms with van der Waals surface area (Å²) >= 11 is 0. The second-order valence-electron chi connectivity index (χ2n) is 4.08. The molecule has 1 atom stereocenters. The van der Waals surface area contributed by atoms with E-state index in [1.54, 1.807) is 0 Å². The van der Waals surface area contributed by atoms with Gasteiger partial charge in [0.2, 0.25) is 5.91 Å². The molecule has 0 aliphatic heterocycles. The Morgan fingerprint density at radius 1 is 1.43 bits per heavy atom. The summed E-state index contributed by atoms with van der Waals surface area (Å²) in [5, 5.41) is 3.21. The van der Waals surface area contributed by atoms with Gasteiger partial charge >= 0.3 is 0 Å². The largest absolute Gasteiger partial charge is 0.369 e. The van der Waals surface area contributed by atoms with Crippen LogP contribution in [0.15, 0.2) is 0 Å². The van der Waals surface area contributed by atoms with Gasteiger partial charge in [0.1, 0.15) is 0 Å². The standard InChI is InChI=1S/C10H23N3O/c1-8(2)13(4)6-5-12-7-9(3)10(11)14/h8-9,12H,5-7H2,1-4H3,(H2,11,14). The smallest absolute Gasteiger partial charge is 0.221 e. The number of hydrogen-bond donors (Lipinski definition) is 2. The van der Waals surface area contributed by atoms with Gasteiger partial charge in [0.05, 0.1) is 0 Å². The molecule has 0 aromatic heterocycles. The van der Waals surface area contributed by atoms with E-state index in [-0.39, 0.29) is 11.8 Å². The minimum absolute atomic E-state index is 0.0839. The summed E-state index contributed by atoms with van der Waals surface area (Å²) in [4.78, 5) is 13.0. The number of carbonyl (C=O) groups excluding carboxylic acids is 1. The molecule has 0 aromatic rings. The third-order valence-corrected chi connectivity index (χ3v) is 2.46. The van der Waals surface area contributed by atoms with Gasteiger partial charge in [0.25, 0.3) is 0 Å². The Morgan fingerprint density at radius 3 is 2.43 bits per heavy atom. The Kier molecular flexibility index (Phi) is 6.49. The van der Waals surface area contributed by atoms with Gasteiger partial charge in [-0.15, -0.1) is 0 Å². The van der Waals surface area contributed by atoms with E-state index >= 15 is 0 Å². The van der Waals surface area contributed by atoms with E-state index in [9.17, 15) is 4.79 Å². The molecule has 0 fully saturated rings. The molecule has 1 amide bonds. The zero-order valence-electron chi connectivity index (χ0n) is 9.71. The normalized spacial score (nSPS) is 13.6. The lowest BCUT2D eigenvalue weighted by Crippen LogP contribution is -2.37. The summed E-state index contributed by atoms with van der Waals surface area (Å²) in [7, 11) is 2.09. The molecule has 0 saturated heterocycles. The molecule has 0 bridgehead atoms. The van der Waals surface area contributed by atoms with Crippen molar-refractivity contribution in [1.82, 2.24) is 10.2 Å². The molecule has 0 aliphatic carbocycles. The number of carbonyl (C=O) groups is 1. The first-order valence-corrected chi connectivity index (χ1v) is 5.15. The second-order valence-corrected chi connectivity index (χ2v) is 4.08. The summed E-state index contributed by atoms with van der Waals surface area (Å²) in [5.41, 5.74) is 5.14. The highest BCUT2D eigenvalue weighted by molar-refractivity contribution is 5.76. The van der Waals surface area contributed by atoms with Gasteiger partial charge < -0.3 is 16.0 Å². The van der Waals surface area contributed by atoms with Crippen molar-refractivity contribution in [2.24, 2.45) is 11.7 Å². The number of nitrogens with one attached hydrogen (secondary N) is 1. The van der Waals surface area contributed by atoms with E-state index in [2.05, 4.69) is 31.1 Å². The molecule has 4 heteroatoms. The maximum Gasteiger partial charge on any atom is 0.221 e. The summed E-state index contributed by atoms with van der Waals surface area (Å²) in [6, 6.07) is 0.561. The van der Waals surface area contributed by atoms with Crippen molar-refractivity contribution in [3.8, 4) is 0 Å². The first-order chi connectivity index (χ1) is 6.45. The van der Waals surface area contributed by atoms with Crippen molar-refractivity contribution in [2.75, 3.05) is 26.7 Å². The Bertz CT molecular complexity index is 171. The van der Waals surface area contributed by atoms with Crippen molar-refractivity contribution in [3.05, 3.63) is 0 Å². The highest BCUT2D eigenvalue weighted by Crippen LogP contribution is 1.92. The molecular formula is C10H23N3O. The number of amides is 1. The molecule has 1 unspecified atom stereocenters. The summed E-state index contributed by atoms with van der Waals surface area (Å²) in [5.74, 6) is -0.325. The van der Waals surface area contributed by atoms with Gasteiger partial charge in [0.15, 0.2) is 0 Å². The van der Waals surface area contributed by atoms with Crippen LogP contribution >= 0.6 is 0 Å². The first-order valence-electron chi connectivity index (χ1n) is 5.15. The van der Waals surface area contributed by atoms with Crippen LogP contribution in [0.2, 0.25) is 0 Å². The van der Waals surface area contributed by atoms with Crippen LogP contribution in [0.4, 0.5) is 0 Å². The fraction of sp³-hybridized carbons (Fsp3) is 0.900. The molecule has 0 aliphatic rings. The maximum atomic E-state index is 10.7. The Labute approximate surface area is 86.8 Å². The van der Waals surface area contributed by atoms with E-state index in [4.69, 9.17) is 5.73 Å². The van der Waals surface area contributed by atoms with Crippen LogP contribution in [-0.2, 0) is 4.79 Å². The monoisotopic (exact) mass is 201 g/mol. The van der Waals surface area contributed by atoms with Crippen molar-refractivity contribution in [3.63, 3.8) is 0 Å². The van der Waals surface area contributed by atoms with Crippen LogP contribution in [0.5, 0.6) is 0 Å². The molecule has 0 radical (unpaired) electrons. The average molecular weight is 201 g/mol. The minimum atomic E-state index is -0.241. The topological polar surface area (TPSA) is 58.4 Å². The quantitative estimate of drug-likeness (QED) is 0.572. The average Bonchev–Trinajstić information content (AvgIpc) is 2.11. The fourth-order valence-corrected chi connectivity index (χ4v) is 0.933. The van der Waals surface area contributed by atoms with Gasteiger partial charge in [-0.3, -0.25) is 4.79 Å². The van der Waals surface area contributed by atoms with Crippen LogP contribution in [0, 0.1) is 5.92 Å². The third kappa shape index (κ3) is 5.94. The SMILES string of the molecule is CC(CNCCN(C)C(C)C)C(N)=O. The molecule has 14 heavy (non-hydrogen) atoms. The van der Waals surface area contributed by atoms with E-state index in [0.717, 1.165) is 13.1 Å². The zero-order chi connectivity index (χ0) is 11.1. The third-order valence-electron chi connectivity index (χ3n) is 2.46. The highest BCUT2D eigenvalue weighted by atomic mass is 16.1. The molecule has 0 saturated carbocycles. The summed E-state index contributed by atoms with van der Waals surface area (Å²) in [6.45, 7) is 8.70. The van der Waals surface area contributed by atoms with Crippen molar-refractivity contribution in [1.29, 1.82) is 0 Å². The van der Waals surface area contributed by atoms with Crippen molar-refractivity contribution >= 4 is 5.91 Å². The van der Waals surface area contributed by atoms with Gasteiger partial charge in [-0.2, -0.15) is 0 Å². The molecule has 4 nitrogen and oxygen atoms in total. The van der Waals surface area contributed by atoms with Crippen LogP contribution in [-0.4, -0.2) is 43.5 Å². The van der Waals surface area contributed by atoms with Gasteiger partial charge in [-0.25, -0.2) is 0 Å². The van der Waals surface area contributed by atoms with E-state index in [1.807, 2.05) is 6.92 Å². The maximum absolute atomic E-state index is 10.7. The molecule has 0 aromatic carbocycles. The number of primary amides is 1. The summed E-state index contributed by atoms with van der Waals surface area (Å²) in [6.07, 6.45) is 0. The predicted octanol–water partition coefficient (Wildman–Crippen LogP) is 0.0376. The lowest BCUT2D eigenvalue weighted by Gasteiger charge is -2.21. The zero-order valence-corrected chi connectivity index (χ0v) is 9.71. The Balaban J connectivity index is 3.42. The fourth-order valence-electron chi connectivity index (χ4n) is 0.933. The lowest BCUT2D eigenvalue weighted by molar-refractivity contribution is -0.121. The minimum Gasteiger partial charge on any atom is -0.369 e. The molecule has 3 N–H and O–H groups in total.